The highest BCUT2D eigenvalue weighted by molar-refractivity contribution is 5.85. The Morgan fingerprint density at radius 2 is 1.89 bits per heavy atom. The van der Waals surface area contributed by atoms with E-state index in [4.69, 9.17) is 5.11 Å². The van der Waals surface area contributed by atoms with Crippen molar-refractivity contribution in [1.29, 1.82) is 0 Å². The van der Waals surface area contributed by atoms with E-state index in [1.54, 1.807) is 0 Å². The molecule has 102 valence electrons. The Balaban J connectivity index is 2.48. The molecule has 0 aromatic heterocycles. The maximum absolute atomic E-state index is 11.5. The van der Waals surface area contributed by atoms with E-state index < -0.39 is 5.97 Å². The number of carboxylic acids is 1. The van der Waals surface area contributed by atoms with Gasteiger partial charge in [0.1, 0.15) is 0 Å². The SMILES string of the molecule is CC(C)CC(=O)NCc1ccc(C=CC(=O)O)cc1. The summed E-state index contributed by atoms with van der Waals surface area (Å²) in [6, 6.07) is 7.39. The third kappa shape index (κ3) is 6.41. The highest BCUT2D eigenvalue weighted by Gasteiger charge is 2.03. The van der Waals surface area contributed by atoms with Crippen LogP contribution in [0.15, 0.2) is 30.3 Å². The quantitative estimate of drug-likeness (QED) is 0.773. The molecule has 0 fully saturated rings. The van der Waals surface area contributed by atoms with Crippen molar-refractivity contribution in [2.24, 2.45) is 5.92 Å². The van der Waals surface area contributed by atoms with E-state index in [-0.39, 0.29) is 5.91 Å². The number of amides is 1. The molecular weight excluding hydrogens is 242 g/mol. The molecule has 4 heteroatoms. The smallest absolute Gasteiger partial charge is 0.328 e. The molecule has 19 heavy (non-hydrogen) atoms. The van der Waals surface area contributed by atoms with Gasteiger partial charge in [-0.25, -0.2) is 4.79 Å². The van der Waals surface area contributed by atoms with Gasteiger partial charge in [-0.1, -0.05) is 38.1 Å². The van der Waals surface area contributed by atoms with Crippen molar-refractivity contribution in [3.8, 4) is 0 Å². The van der Waals surface area contributed by atoms with E-state index in [0.29, 0.717) is 18.9 Å². The average molecular weight is 261 g/mol. The number of hydrogen-bond acceptors (Lipinski definition) is 2. The molecule has 1 rings (SSSR count). The van der Waals surface area contributed by atoms with Crippen LogP contribution >= 0.6 is 0 Å². The van der Waals surface area contributed by atoms with Crippen LogP contribution in [0.1, 0.15) is 31.4 Å². The van der Waals surface area contributed by atoms with Crippen LogP contribution in [0.4, 0.5) is 0 Å². The molecule has 0 heterocycles. The van der Waals surface area contributed by atoms with Crippen LogP contribution in [0.2, 0.25) is 0 Å². The summed E-state index contributed by atoms with van der Waals surface area (Å²) in [6.45, 7) is 4.50. The Kier molecular flexibility index (Phi) is 5.79. The maximum atomic E-state index is 11.5. The summed E-state index contributed by atoms with van der Waals surface area (Å²) in [5.41, 5.74) is 1.81. The van der Waals surface area contributed by atoms with Gasteiger partial charge in [0.05, 0.1) is 0 Å². The van der Waals surface area contributed by atoms with E-state index >= 15 is 0 Å². The van der Waals surface area contributed by atoms with Crippen molar-refractivity contribution in [3.63, 3.8) is 0 Å². The monoisotopic (exact) mass is 261 g/mol. The highest BCUT2D eigenvalue weighted by atomic mass is 16.4. The van der Waals surface area contributed by atoms with Crippen LogP contribution in [0.3, 0.4) is 0 Å². The number of aliphatic carboxylic acids is 1. The Morgan fingerprint density at radius 3 is 2.42 bits per heavy atom. The van der Waals surface area contributed by atoms with Crippen LogP contribution in [-0.4, -0.2) is 17.0 Å². The molecule has 0 aliphatic carbocycles. The largest absolute Gasteiger partial charge is 0.478 e. The zero-order chi connectivity index (χ0) is 14.3. The van der Waals surface area contributed by atoms with Crippen molar-refractivity contribution in [2.45, 2.75) is 26.8 Å². The standard InChI is InChI=1S/C15H19NO3/c1-11(2)9-14(17)16-10-13-5-3-12(4-6-13)7-8-15(18)19/h3-8,11H,9-10H2,1-2H3,(H,16,17)(H,18,19). The van der Waals surface area contributed by atoms with E-state index in [2.05, 4.69) is 5.32 Å². The minimum absolute atomic E-state index is 0.0462. The lowest BCUT2D eigenvalue weighted by Gasteiger charge is -2.07. The number of carbonyl (C=O) groups excluding carboxylic acids is 1. The minimum Gasteiger partial charge on any atom is -0.478 e. The van der Waals surface area contributed by atoms with Crippen molar-refractivity contribution in [2.75, 3.05) is 0 Å². The molecule has 0 unspecified atom stereocenters. The summed E-state index contributed by atoms with van der Waals surface area (Å²) in [5.74, 6) is -0.571. The molecule has 0 aliphatic rings. The molecule has 1 aromatic carbocycles. The third-order valence-electron chi connectivity index (χ3n) is 2.48. The lowest BCUT2D eigenvalue weighted by atomic mass is 10.1. The zero-order valence-electron chi connectivity index (χ0n) is 11.2. The van der Waals surface area contributed by atoms with Crippen LogP contribution in [0.5, 0.6) is 0 Å². The summed E-state index contributed by atoms with van der Waals surface area (Å²) in [6.07, 6.45) is 3.16. The molecule has 0 aliphatic heterocycles. The first kappa shape index (κ1) is 15.0. The highest BCUT2D eigenvalue weighted by Crippen LogP contribution is 2.06. The van der Waals surface area contributed by atoms with E-state index in [0.717, 1.165) is 17.2 Å². The normalized spacial score (nSPS) is 10.9. The summed E-state index contributed by atoms with van der Waals surface area (Å²) in [5, 5.41) is 11.4. The average Bonchev–Trinajstić information content (AvgIpc) is 2.34. The number of carboxylic acid groups (broad SMARTS) is 1. The molecule has 0 radical (unpaired) electrons. The van der Waals surface area contributed by atoms with E-state index in [1.807, 2.05) is 38.1 Å². The Hall–Kier alpha value is -2.10. The predicted octanol–water partition coefficient (Wildman–Crippen LogP) is 2.45. The minimum atomic E-state index is -0.968. The number of rotatable bonds is 6. The first-order chi connectivity index (χ1) is 8.97. The first-order valence-electron chi connectivity index (χ1n) is 6.24. The molecule has 0 saturated heterocycles. The molecule has 1 amide bonds. The second-order valence-corrected chi connectivity index (χ2v) is 4.79. The fraction of sp³-hybridized carbons (Fsp3) is 0.333. The van der Waals surface area contributed by atoms with Gasteiger partial charge in [0.15, 0.2) is 0 Å². The first-order valence-corrected chi connectivity index (χ1v) is 6.24. The molecular formula is C15H19NO3. The topological polar surface area (TPSA) is 66.4 Å². The van der Waals surface area contributed by atoms with Gasteiger partial charge in [0.2, 0.25) is 5.91 Å². The summed E-state index contributed by atoms with van der Waals surface area (Å²) in [7, 11) is 0. The number of nitrogens with one attached hydrogen (secondary N) is 1. The second-order valence-electron chi connectivity index (χ2n) is 4.79. The number of carbonyl (C=O) groups is 2. The Bertz CT molecular complexity index is 461. The van der Waals surface area contributed by atoms with Crippen molar-refractivity contribution >= 4 is 18.0 Å². The fourth-order valence-electron chi connectivity index (χ4n) is 1.56. The van der Waals surface area contributed by atoms with Crippen molar-refractivity contribution < 1.29 is 14.7 Å². The lowest BCUT2D eigenvalue weighted by Crippen LogP contribution is -2.23. The van der Waals surface area contributed by atoms with Gasteiger partial charge in [-0.3, -0.25) is 4.79 Å². The molecule has 0 saturated carbocycles. The molecule has 1 aromatic rings. The maximum Gasteiger partial charge on any atom is 0.328 e. The molecule has 0 bridgehead atoms. The molecule has 0 spiro atoms. The van der Waals surface area contributed by atoms with E-state index in [1.165, 1.54) is 6.08 Å². The molecule has 4 nitrogen and oxygen atoms in total. The van der Waals surface area contributed by atoms with Gasteiger partial charge in [-0.15, -0.1) is 0 Å². The van der Waals surface area contributed by atoms with Crippen LogP contribution < -0.4 is 5.32 Å². The third-order valence-corrected chi connectivity index (χ3v) is 2.48. The van der Waals surface area contributed by atoms with Crippen molar-refractivity contribution in [3.05, 3.63) is 41.5 Å². The van der Waals surface area contributed by atoms with Gasteiger partial charge in [0, 0.05) is 19.0 Å². The summed E-state index contributed by atoms with van der Waals surface area (Å²) < 4.78 is 0. The second kappa shape index (κ2) is 7.36. The van der Waals surface area contributed by atoms with Crippen LogP contribution in [0, 0.1) is 5.92 Å². The zero-order valence-corrected chi connectivity index (χ0v) is 11.2. The summed E-state index contributed by atoms with van der Waals surface area (Å²) in [4.78, 5) is 21.9. The fourth-order valence-corrected chi connectivity index (χ4v) is 1.56. The Morgan fingerprint density at radius 1 is 1.26 bits per heavy atom. The Labute approximate surface area is 113 Å². The van der Waals surface area contributed by atoms with Gasteiger partial charge >= 0.3 is 5.97 Å². The van der Waals surface area contributed by atoms with Gasteiger partial charge in [0.25, 0.3) is 0 Å². The van der Waals surface area contributed by atoms with Crippen LogP contribution in [-0.2, 0) is 16.1 Å². The molecule has 2 N–H and O–H groups in total. The van der Waals surface area contributed by atoms with Crippen molar-refractivity contribution in [1.82, 2.24) is 5.32 Å². The van der Waals surface area contributed by atoms with E-state index in [9.17, 15) is 9.59 Å². The van der Waals surface area contributed by atoms with Gasteiger partial charge in [-0.2, -0.15) is 0 Å². The van der Waals surface area contributed by atoms with Gasteiger partial charge in [-0.05, 0) is 23.1 Å². The molecule has 0 atom stereocenters. The summed E-state index contributed by atoms with van der Waals surface area (Å²) >= 11 is 0. The number of benzene rings is 1. The number of hydrogen-bond donors (Lipinski definition) is 2. The lowest BCUT2D eigenvalue weighted by molar-refractivity contribution is -0.131. The van der Waals surface area contributed by atoms with Gasteiger partial charge < -0.3 is 10.4 Å². The van der Waals surface area contributed by atoms with Crippen LogP contribution in [0.25, 0.3) is 6.08 Å². The predicted molar refractivity (Wildman–Crippen MR) is 74.4 cm³/mol.